The van der Waals surface area contributed by atoms with Crippen molar-refractivity contribution >= 4 is 44.8 Å². The van der Waals surface area contributed by atoms with Gasteiger partial charge in [-0.25, -0.2) is 13.2 Å². The van der Waals surface area contributed by atoms with E-state index in [0.717, 1.165) is 4.88 Å². The molecule has 162 valence electrons. The lowest BCUT2D eigenvalue weighted by Crippen LogP contribution is -2.43. The summed E-state index contributed by atoms with van der Waals surface area (Å²) in [5.41, 5.74) is 0.00698. The van der Waals surface area contributed by atoms with Crippen molar-refractivity contribution < 1.29 is 22.7 Å². The first-order valence-corrected chi connectivity index (χ1v) is 12.0. The topological polar surface area (TPSA) is 84.0 Å². The number of carbonyl (C=O) groups excluding carboxylic acids is 2. The van der Waals surface area contributed by atoms with E-state index in [1.54, 1.807) is 30.1 Å². The lowest BCUT2D eigenvalue weighted by Gasteiger charge is -2.32. The Balaban J connectivity index is 1.66. The van der Waals surface area contributed by atoms with E-state index < -0.39 is 16.0 Å². The van der Waals surface area contributed by atoms with E-state index in [0.29, 0.717) is 23.7 Å². The van der Waals surface area contributed by atoms with Crippen LogP contribution in [0, 0.1) is 5.92 Å². The maximum Gasteiger partial charge on any atom is 0.339 e. The monoisotopic (exact) mass is 470 g/mol. The summed E-state index contributed by atoms with van der Waals surface area (Å²) in [6.45, 7) is 0.904. The maximum absolute atomic E-state index is 13.1. The third-order valence-corrected chi connectivity index (χ3v) is 8.28. The second-order valence-electron chi connectivity index (χ2n) is 7.07. The first-order chi connectivity index (χ1) is 14.2. The van der Waals surface area contributed by atoms with Crippen LogP contribution in [0.1, 0.15) is 28.1 Å². The number of hydrogen-bond acceptors (Lipinski definition) is 6. The van der Waals surface area contributed by atoms with Gasteiger partial charge in [-0.3, -0.25) is 4.79 Å². The molecule has 2 heterocycles. The lowest BCUT2D eigenvalue weighted by molar-refractivity contribution is -0.135. The number of esters is 1. The lowest BCUT2D eigenvalue weighted by atomic mass is 9.96. The molecule has 0 spiro atoms. The summed E-state index contributed by atoms with van der Waals surface area (Å²) >= 11 is 7.38. The van der Waals surface area contributed by atoms with Gasteiger partial charge < -0.3 is 9.64 Å². The fourth-order valence-corrected chi connectivity index (χ4v) is 6.30. The number of rotatable bonds is 6. The quantitative estimate of drug-likeness (QED) is 0.605. The standard InChI is InChI=1S/C20H23ClN2O5S2/c1-22(13-15-7-8-18(21)29-15)19(24)14-9-11-23(12-10-14)30(26,27)17-6-4-3-5-16(17)20(25)28-2/h3-8,14H,9-13H2,1-2H3. The van der Waals surface area contributed by atoms with Crippen LogP contribution in [0.4, 0.5) is 0 Å². The van der Waals surface area contributed by atoms with Crippen molar-refractivity contribution in [1.29, 1.82) is 0 Å². The summed E-state index contributed by atoms with van der Waals surface area (Å²) in [5, 5.41) is 0. The fraction of sp³-hybridized carbons (Fsp3) is 0.400. The highest BCUT2D eigenvalue weighted by atomic mass is 35.5. The number of methoxy groups -OCH3 is 1. The molecule has 2 aromatic rings. The molecule has 0 saturated carbocycles. The SMILES string of the molecule is COC(=O)c1ccccc1S(=O)(=O)N1CCC(C(=O)N(C)Cc2ccc(Cl)s2)CC1. The van der Waals surface area contributed by atoms with Gasteiger partial charge in [-0.2, -0.15) is 4.31 Å². The van der Waals surface area contributed by atoms with Crippen LogP contribution in [0.3, 0.4) is 0 Å². The Morgan fingerprint density at radius 1 is 1.20 bits per heavy atom. The predicted molar refractivity (Wildman–Crippen MR) is 115 cm³/mol. The molecule has 1 amide bonds. The molecule has 1 aromatic carbocycles. The number of ether oxygens (including phenoxy) is 1. The molecule has 1 fully saturated rings. The number of amides is 1. The van der Waals surface area contributed by atoms with E-state index in [1.807, 2.05) is 6.07 Å². The molecule has 1 aromatic heterocycles. The van der Waals surface area contributed by atoms with Crippen molar-refractivity contribution in [2.75, 3.05) is 27.2 Å². The highest BCUT2D eigenvalue weighted by Gasteiger charge is 2.35. The molecule has 0 unspecified atom stereocenters. The second kappa shape index (κ2) is 9.47. The number of benzene rings is 1. The fourth-order valence-electron chi connectivity index (χ4n) is 3.51. The zero-order valence-electron chi connectivity index (χ0n) is 16.7. The Kier molecular flexibility index (Phi) is 7.18. The number of halogens is 1. The number of thiophene rings is 1. The van der Waals surface area contributed by atoms with Crippen LogP contribution in [-0.4, -0.2) is 56.7 Å². The molecular formula is C20H23ClN2O5S2. The Morgan fingerprint density at radius 2 is 1.87 bits per heavy atom. The van der Waals surface area contributed by atoms with Crippen molar-refractivity contribution in [2.45, 2.75) is 24.3 Å². The van der Waals surface area contributed by atoms with Crippen LogP contribution in [0.25, 0.3) is 0 Å². The van der Waals surface area contributed by atoms with Crippen molar-refractivity contribution in [3.63, 3.8) is 0 Å². The van der Waals surface area contributed by atoms with Gasteiger partial charge in [-0.05, 0) is 37.1 Å². The number of sulfonamides is 1. The number of carbonyl (C=O) groups is 2. The van der Waals surface area contributed by atoms with E-state index in [4.69, 9.17) is 16.3 Å². The molecule has 10 heteroatoms. The van der Waals surface area contributed by atoms with Crippen molar-refractivity contribution in [3.8, 4) is 0 Å². The van der Waals surface area contributed by atoms with Gasteiger partial charge in [0.2, 0.25) is 15.9 Å². The third-order valence-electron chi connectivity index (χ3n) is 5.11. The van der Waals surface area contributed by atoms with E-state index in [1.165, 1.54) is 34.9 Å². The van der Waals surface area contributed by atoms with Crippen molar-refractivity contribution in [1.82, 2.24) is 9.21 Å². The number of nitrogens with zero attached hydrogens (tertiary/aromatic N) is 2. The van der Waals surface area contributed by atoms with Gasteiger partial charge in [0.1, 0.15) is 0 Å². The minimum atomic E-state index is -3.87. The van der Waals surface area contributed by atoms with E-state index in [9.17, 15) is 18.0 Å². The second-order valence-corrected chi connectivity index (χ2v) is 10.8. The predicted octanol–water partition coefficient (Wildman–Crippen LogP) is 3.25. The van der Waals surface area contributed by atoms with Crippen LogP contribution >= 0.6 is 22.9 Å². The van der Waals surface area contributed by atoms with Gasteiger partial charge in [0.25, 0.3) is 0 Å². The zero-order valence-corrected chi connectivity index (χ0v) is 19.1. The number of piperidine rings is 1. The Hall–Kier alpha value is -1.94. The molecule has 0 bridgehead atoms. The smallest absolute Gasteiger partial charge is 0.339 e. The minimum Gasteiger partial charge on any atom is -0.465 e. The molecule has 3 rings (SSSR count). The van der Waals surface area contributed by atoms with Crippen LogP contribution in [-0.2, 0) is 26.1 Å². The molecule has 30 heavy (non-hydrogen) atoms. The van der Waals surface area contributed by atoms with Crippen LogP contribution in [0.5, 0.6) is 0 Å². The van der Waals surface area contributed by atoms with E-state index >= 15 is 0 Å². The Morgan fingerprint density at radius 3 is 2.47 bits per heavy atom. The highest BCUT2D eigenvalue weighted by molar-refractivity contribution is 7.89. The van der Waals surface area contributed by atoms with Gasteiger partial charge in [-0.1, -0.05) is 23.7 Å². The van der Waals surface area contributed by atoms with Crippen LogP contribution in [0.2, 0.25) is 4.34 Å². The first kappa shape index (κ1) is 22.7. The van der Waals surface area contributed by atoms with Gasteiger partial charge in [-0.15, -0.1) is 11.3 Å². The molecule has 0 aliphatic carbocycles. The molecule has 1 aliphatic heterocycles. The van der Waals surface area contributed by atoms with Crippen LogP contribution < -0.4 is 0 Å². The molecular weight excluding hydrogens is 448 g/mol. The average Bonchev–Trinajstić information content (AvgIpc) is 3.17. The van der Waals surface area contributed by atoms with E-state index in [-0.39, 0.29) is 35.4 Å². The zero-order chi connectivity index (χ0) is 21.9. The summed E-state index contributed by atoms with van der Waals surface area (Å²) in [5.74, 6) is -0.950. The Bertz CT molecular complexity index is 1030. The van der Waals surface area contributed by atoms with Gasteiger partial charge in [0, 0.05) is 30.9 Å². The Labute approximate surface area is 185 Å². The summed E-state index contributed by atoms with van der Waals surface area (Å²) in [6.07, 6.45) is 0.849. The minimum absolute atomic E-state index is 0.00698. The van der Waals surface area contributed by atoms with Gasteiger partial charge >= 0.3 is 5.97 Å². The van der Waals surface area contributed by atoms with Crippen LogP contribution in [0.15, 0.2) is 41.3 Å². The highest BCUT2D eigenvalue weighted by Crippen LogP contribution is 2.28. The summed E-state index contributed by atoms with van der Waals surface area (Å²) in [4.78, 5) is 27.3. The largest absolute Gasteiger partial charge is 0.465 e. The average molecular weight is 471 g/mol. The molecule has 0 N–H and O–H groups in total. The first-order valence-electron chi connectivity index (χ1n) is 9.40. The molecule has 0 atom stereocenters. The van der Waals surface area contributed by atoms with Gasteiger partial charge in [0.15, 0.2) is 0 Å². The van der Waals surface area contributed by atoms with Crippen molar-refractivity contribution in [3.05, 3.63) is 51.2 Å². The third kappa shape index (κ3) is 4.85. The molecule has 7 nitrogen and oxygen atoms in total. The van der Waals surface area contributed by atoms with E-state index in [2.05, 4.69) is 0 Å². The molecule has 1 aliphatic rings. The summed E-state index contributed by atoms with van der Waals surface area (Å²) in [7, 11) is -0.915. The maximum atomic E-state index is 13.1. The summed E-state index contributed by atoms with van der Waals surface area (Å²) < 4.78 is 32.9. The van der Waals surface area contributed by atoms with Crippen molar-refractivity contribution in [2.24, 2.45) is 5.92 Å². The molecule has 0 radical (unpaired) electrons. The number of hydrogen-bond donors (Lipinski definition) is 0. The normalized spacial score (nSPS) is 15.7. The molecule has 1 saturated heterocycles. The summed E-state index contributed by atoms with van der Waals surface area (Å²) in [6, 6.07) is 9.69. The van der Waals surface area contributed by atoms with Gasteiger partial charge in [0.05, 0.1) is 28.4 Å².